The molecule has 134 valence electrons. The van der Waals surface area contributed by atoms with E-state index in [1.165, 1.54) is 24.4 Å². The number of carbonyl (C=O) groups excluding carboxylic acids is 1. The molecule has 0 aliphatic heterocycles. The number of hydrogen-bond donors (Lipinski definition) is 2. The fourth-order valence-electron chi connectivity index (χ4n) is 2.30. The lowest BCUT2D eigenvalue weighted by Gasteiger charge is -2.14. The van der Waals surface area contributed by atoms with Crippen molar-refractivity contribution in [1.29, 1.82) is 0 Å². The minimum atomic E-state index is -4.67. The monoisotopic (exact) mass is 352 g/mol. The van der Waals surface area contributed by atoms with Gasteiger partial charge in [-0.1, -0.05) is 0 Å². The summed E-state index contributed by atoms with van der Waals surface area (Å²) in [6, 6.07) is 5.03. The average molecular weight is 352 g/mol. The van der Waals surface area contributed by atoms with E-state index in [-0.39, 0.29) is 11.4 Å². The van der Waals surface area contributed by atoms with Crippen LogP contribution < -0.4 is 11.1 Å². The molecule has 2 aromatic rings. The van der Waals surface area contributed by atoms with Crippen molar-refractivity contribution in [2.24, 2.45) is 5.73 Å². The normalized spacial score (nSPS) is 11.4. The molecule has 0 atom stereocenters. The minimum Gasteiger partial charge on any atom is -0.370 e. The predicted molar refractivity (Wildman–Crippen MR) is 88.4 cm³/mol. The van der Waals surface area contributed by atoms with Gasteiger partial charge in [0.25, 0.3) is 0 Å². The highest BCUT2D eigenvalue weighted by molar-refractivity contribution is 6.09. The van der Waals surface area contributed by atoms with Gasteiger partial charge < -0.3 is 11.1 Å². The number of nitrogens with one attached hydrogen (secondary N) is 1. The molecule has 8 heteroatoms. The van der Waals surface area contributed by atoms with Gasteiger partial charge in [0.2, 0.25) is 5.78 Å². The minimum absolute atomic E-state index is 0.0979. The Hall–Kier alpha value is -2.48. The van der Waals surface area contributed by atoms with Crippen LogP contribution in [-0.4, -0.2) is 28.8 Å². The van der Waals surface area contributed by atoms with Gasteiger partial charge in [-0.15, -0.1) is 0 Å². The van der Waals surface area contributed by atoms with Gasteiger partial charge in [-0.3, -0.25) is 9.78 Å². The molecule has 0 fully saturated rings. The summed E-state index contributed by atoms with van der Waals surface area (Å²) in [5.74, 6) is -0.585. The van der Waals surface area contributed by atoms with Crippen molar-refractivity contribution < 1.29 is 18.0 Å². The van der Waals surface area contributed by atoms with Gasteiger partial charge in [-0.05, 0) is 50.6 Å². The van der Waals surface area contributed by atoms with Crippen molar-refractivity contribution in [2.75, 3.05) is 18.4 Å². The van der Waals surface area contributed by atoms with E-state index in [1.807, 2.05) is 0 Å². The van der Waals surface area contributed by atoms with Crippen LogP contribution in [0.15, 0.2) is 30.5 Å². The van der Waals surface area contributed by atoms with E-state index in [1.54, 1.807) is 6.92 Å². The zero-order valence-electron chi connectivity index (χ0n) is 13.7. The van der Waals surface area contributed by atoms with Crippen LogP contribution in [0.1, 0.15) is 40.2 Å². The summed E-state index contributed by atoms with van der Waals surface area (Å²) >= 11 is 0. The van der Waals surface area contributed by atoms with Crippen molar-refractivity contribution in [1.82, 2.24) is 9.97 Å². The number of carbonyl (C=O) groups is 1. The first kappa shape index (κ1) is 18.9. The molecule has 0 aliphatic rings. The van der Waals surface area contributed by atoms with Crippen LogP contribution in [0, 0.1) is 6.92 Å². The van der Waals surface area contributed by atoms with Gasteiger partial charge in [0, 0.05) is 24.0 Å². The molecule has 5 nitrogen and oxygen atoms in total. The summed E-state index contributed by atoms with van der Waals surface area (Å²) in [6.07, 6.45) is -1.66. The largest absolute Gasteiger partial charge is 0.418 e. The molecule has 2 rings (SSSR count). The molecule has 0 saturated heterocycles. The molecule has 0 spiro atoms. The highest BCUT2D eigenvalue weighted by Gasteiger charge is 2.37. The van der Waals surface area contributed by atoms with Gasteiger partial charge >= 0.3 is 6.18 Å². The number of nitrogens with two attached hydrogens (primary N) is 1. The van der Waals surface area contributed by atoms with Gasteiger partial charge in [-0.2, -0.15) is 13.2 Å². The van der Waals surface area contributed by atoms with Crippen molar-refractivity contribution in [3.63, 3.8) is 0 Å². The summed E-state index contributed by atoms with van der Waals surface area (Å²) in [5.41, 5.74) is 4.15. The topological polar surface area (TPSA) is 80.9 Å². The Morgan fingerprint density at radius 2 is 2.00 bits per heavy atom. The Morgan fingerprint density at radius 1 is 1.24 bits per heavy atom. The summed E-state index contributed by atoms with van der Waals surface area (Å²) in [4.78, 5) is 20.5. The number of alkyl halides is 3. The SMILES string of the molecule is Cc1ncccc1C(=O)c1nc(NCCCCN)ccc1C(F)(F)F. The van der Waals surface area contributed by atoms with Crippen LogP contribution in [0.2, 0.25) is 0 Å². The first-order valence-electron chi connectivity index (χ1n) is 7.83. The molecule has 25 heavy (non-hydrogen) atoms. The van der Waals surface area contributed by atoms with Crippen molar-refractivity contribution in [2.45, 2.75) is 25.9 Å². The third-order valence-electron chi connectivity index (χ3n) is 3.60. The number of anilines is 1. The average Bonchev–Trinajstić information content (AvgIpc) is 2.57. The van der Waals surface area contributed by atoms with Crippen molar-refractivity contribution in [3.05, 3.63) is 53.0 Å². The van der Waals surface area contributed by atoms with Crippen LogP contribution >= 0.6 is 0 Å². The first-order valence-corrected chi connectivity index (χ1v) is 7.83. The number of pyridine rings is 2. The maximum Gasteiger partial charge on any atom is 0.418 e. The van der Waals surface area contributed by atoms with Crippen LogP contribution in [0.25, 0.3) is 0 Å². The van der Waals surface area contributed by atoms with E-state index < -0.39 is 23.2 Å². The maximum atomic E-state index is 13.3. The molecule has 2 aromatic heterocycles. The third kappa shape index (κ3) is 4.76. The third-order valence-corrected chi connectivity index (χ3v) is 3.60. The number of hydrogen-bond acceptors (Lipinski definition) is 5. The van der Waals surface area contributed by atoms with Crippen molar-refractivity contribution in [3.8, 4) is 0 Å². The Morgan fingerprint density at radius 3 is 2.64 bits per heavy atom. The number of rotatable bonds is 7. The van der Waals surface area contributed by atoms with E-state index >= 15 is 0 Å². The zero-order valence-corrected chi connectivity index (χ0v) is 13.7. The fraction of sp³-hybridized carbons (Fsp3) is 0.353. The number of ketones is 1. The molecule has 0 saturated carbocycles. The lowest BCUT2D eigenvalue weighted by Crippen LogP contribution is -2.18. The van der Waals surface area contributed by atoms with E-state index in [9.17, 15) is 18.0 Å². The van der Waals surface area contributed by atoms with E-state index in [2.05, 4.69) is 15.3 Å². The van der Waals surface area contributed by atoms with Gasteiger partial charge in [0.15, 0.2) is 0 Å². The van der Waals surface area contributed by atoms with E-state index in [4.69, 9.17) is 5.73 Å². The zero-order chi connectivity index (χ0) is 18.4. The number of halogens is 3. The number of unbranched alkanes of at least 4 members (excludes halogenated alkanes) is 1. The Balaban J connectivity index is 2.38. The quantitative estimate of drug-likeness (QED) is 0.591. The Bertz CT molecular complexity index is 747. The molecule has 2 heterocycles. The van der Waals surface area contributed by atoms with E-state index in [0.29, 0.717) is 18.8 Å². The number of aryl methyl sites for hydroxylation is 1. The molecular weight excluding hydrogens is 333 g/mol. The molecule has 0 aromatic carbocycles. The Kier molecular flexibility index (Phi) is 6.08. The van der Waals surface area contributed by atoms with Gasteiger partial charge in [0.05, 0.1) is 5.56 Å². The molecule has 0 unspecified atom stereocenters. The highest BCUT2D eigenvalue weighted by atomic mass is 19.4. The summed E-state index contributed by atoms with van der Waals surface area (Å²) in [6.45, 7) is 2.61. The van der Waals surface area contributed by atoms with Gasteiger partial charge in [-0.25, -0.2) is 4.98 Å². The highest BCUT2D eigenvalue weighted by Crippen LogP contribution is 2.33. The molecular formula is C17H19F3N4O. The standard InChI is InChI=1S/C17H19F3N4O/c1-11-12(5-4-10-22-11)16(25)15-13(17(18,19)20)6-7-14(24-15)23-9-3-2-8-21/h4-7,10H,2-3,8-9,21H2,1H3,(H,23,24). The summed E-state index contributed by atoms with van der Waals surface area (Å²) in [7, 11) is 0. The van der Waals surface area contributed by atoms with Gasteiger partial charge in [0.1, 0.15) is 11.5 Å². The number of nitrogens with zero attached hydrogens (tertiary/aromatic N) is 2. The van der Waals surface area contributed by atoms with Crippen LogP contribution in [-0.2, 0) is 6.18 Å². The fourth-order valence-corrected chi connectivity index (χ4v) is 2.30. The Labute approximate surface area is 143 Å². The van der Waals surface area contributed by atoms with Crippen LogP contribution in [0.3, 0.4) is 0 Å². The van der Waals surface area contributed by atoms with Crippen LogP contribution in [0.4, 0.5) is 19.0 Å². The van der Waals surface area contributed by atoms with E-state index in [0.717, 1.165) is 18.9 Å². The maximum absolute atomic E-state index is 13.3. The van der Waals surface area contributed by atoms with Crippen molar-refractivity contribution >= 4 is 11.6 Å². The summed E-state index contributed by atoms with van der Waals surface area (Å²) in [5, 5.41) is 2.92. The number of aromatic nitrogens is 2. The second kappa shape index (κ2) is 8.06. The summed E-state index contributed by atoms with van der Waals surface area (Å²) < 4.78 is 39.8. The molecule has 0 aliphatic carbocycles. The first-order chi connectivity index (χ1) is 11.8. The molecule has 0 bridgehead atoms. The molecule has 3 N–H and O–H groups in total. The predicted octanol–water partition coefficient (Wildman–Crippen LogP) is 3.19. The lowest BCUT2D eigenvalue weighted by molar-refractivity contribution is -0.138. The lowest BCUT2D eigenvalue weighted by atomic mass is 10.0. The molecule has 0 radical (unpaired) electrons. The smallest absolute Gasteiger partial charge is 0.370 e. The second-order valence-electron chi connectivity index (χ2n) is 5.48. The van der Waals surface area contributed by atoms with Crippen LogP contribution in [0.5, 0.6) is 0 Å². The molecule has 0 amide bonds. The second-order valence-corrected chi connectivity index (χ2v) is 5.48.